The largest absolute Gasteiger partial charge is 0.466 e. The number of hydrogen-bond donors (Lipinski definition) is 0. The van der Waals surface area contributed by atoms with Crippen LogP contribution in [0.4, 0.5) is 10.1 Å². The lowest BCUT2D eigenvalue weighted by Crippen LogP contribution is -2.48. The number of ether oxygens (including phenoxy) is 1. The van der Waals surface area contributed by atoms with Crippen LogP contribution in [0, 0.1) is 11.7 Å². The summed E-state index contributed by atoms with van der Waals surface area (Å²) in [6.45, 7) is 3.08. The summed E-state index contributed by atoms with van der Waals surface area (Å²) >= 11 is 0. The van der Waals surface area contributed by atoms with Gasteiger partial charge < -0.3 is 4.74 Å². The van der Waals surface area contributed by atoms with Crippen molar-refractivity contribution in [2.45, 2.75) is 32.2 Å². The van der Waals surface area contributed by atoms with Gasteiger partial charge >= 0.3 is 5.97 Å². The number of carbonyl (C=O) groups is 3. The summed E-state index contributed by atoms with van der Waals surface area (Å²) in [6.07, 6.45) is 1.46. The van der Waals surface area contributed by atoms with Crippen molar-refractivity contribution >= 4 is 23.5 Å². The first kappa shape index (κ1) is 17.5. The van der Waals surface area contributed by atoms with Gasteiger partial charge in [-0.3, -0.25) is 19.3 Å². The molecule has 0 aromatic heterocycles. The van der Waals surface area contributed by atoms with Crippen molar-refractivity contribution in [2.24, 2.45) is 5.92 Å². The number of rotatable bonds is 4. The van der Waals surface area contributed by atoms with E-state index in [-0.39, 0.29) is 24.0 Å². The van der Waals surface area contributed by atoms with E-state index in [1.165, 1.54) is 18.2 Å². The maximum Gasteiger partial charge on any atom is 0.310 e. The second-order valence-electron chi connectivity index (χ2n) is 6.32. The molecule has 0 radical (unpaired) electrons. The number of hydrogen-bond acceptors (Lipinski definition) is 5. The topological polar surface area (TPSA) is 66.9 Å². The lowest BCUT2D eigenvalue weighted by Gasteiger charge is -2.34. The van der Waals surface area contributed by atoms with E-state index < -0.39 is 23.7 Å². The Bertz CT molecular complexity index is 693. The van der Waals surface area contributed by atoms with Gasteiger partial charge in [0.15, 0.2) is 0 Å². The van der Waals surface area contributed by atoms with E-state index in [1.54, 1.807) is 13.0 Å². The molecule has 6 nitrogen and oxygen atoms in total. The molecular weight excluding hydrogens is 327 g/mol. The number of anilines is 1. The highest BCUT2D eigenvalue weighted by Gasteiger charge is 2.45. The fourth-order valence-electron chi connectivity index (χ4n) is 3.53. The van der Waals surface area contributed by atoms with Crippen molar-refractivity contribution in [2.75, 3.05) is 24.6 Å². The third-order valence-electron chi connectivity index (χ3n) is 4.73. The normalized spacial score (nSPS) is 24.6. The lowest BCUT2D eigenvalue weighted by molar-refractivity contribution is -0.150. The monoisotopic (exact) mass is 348 g/mol. The molecule has 2 fully saturated rings. The molecule has 0 saturated carbocycles. The molecule has 2 atom stereocenters. The van der Waals surface area contributed by atoms with Crippen LogP contribution in [-0.4, -0.2) is 48.4 Å². The second kappa shape index (κ2) is 7.31. The van der Waals surface area contributed by atoms with Crippen molar-refractivity contribution in [3.05, 3.63) is 30.1 Å². The van der Waals surface area contributed by atoms with E-state index in [2.05, 4.69) is 0 Å². The number of para-hydroxylation sites is 1. The minimum absolute atomic E-state index is 0.00269. The summed E-state index contributed by atoms with van der Waals surface area (Å²) in [6, 6.07) is 5.09. The summed E-state index contributed by atoms with van der Waals surface area (Å²) in [5, 5.41) is 0. The molecule has 2 saturated heterocycles. The third-order valence-corrected chi connectivity index (χ3v) is 4.73. The van der Waals surface area contributed by atoms with Crippen molar-refractivity contribution in [3.63, 3.8) is 0 Å². The van der Waals surface area contributed by atoms with Crippen molar-refractivity contribution in [1.29, 1.82) is 0 Å². The Morgan fingerprint density at radius 3 is 2.80 bits per heavy atom. The Morgan fingerprint density at radius 2 is 2.08 bits per heavy atom. The number of amides is 2. The SMILES string of the molecule is CCOC(=O)[C@H]1CCCN([C@H]2CC(=O)N(c3ccccc3F)C2=O)C1. The molecule has 1 aromatic rings. The molecule has 0 unspecified atom stereocenters. The zero-order valence-electron chi connectivity index (χ0n) is 14.1. The number of carbonyl (C=O) groups excluding carboxylic acids is 3. The summed E-state index contributed by atoms with van der Waals surface area (Å²) < 4.78 is 19.1. The van der Waals surface area contributed by atoms with Gasteiger partial charge in [0.05, 0.1) is 30.7 Å². The standard InChI is InChI=1S/C18H21FN2O4/c1-2-25-18(24)12-6-5-9-20(11-12)15-10-16(22)21(17(15)23)14-8-4-3-7-13(14)19/h3-4,7-8,12,15H,2,5-6,9-11H2,1H3/t12-,15-/m0/s1. The van der Waals surface area contributed by atoms with Crippen molar-refractivity contribution in [3.8, 4) is 0 Å². The van der Waals surface area contributed by atoms with Crippen LogP contribution in [0.25, 0.3) is 0 Å². The van der Waals surface area contributed by atoms with Crippen LogP contribution in [0.1, 0.15) is 26.2 Å². The first-order valence-corrected chi connectivity index (χ1v) is 8.55. The molecule has 0 bridgehead atoms. The van der Waals surface area contributed by atoms with E-state index in [1.807, 2.05) is 4.90 Å². The second-order valence-corrected chi connectivity index (χ2v) is 6.32. The number of piperidine rings is 1. The van der Waals surface area contributed by atoms with E-state index in [0.717, 1.165) is 11.3 Å². The maximum atomic E-state index is 14.0. The van der Waals surface area contributed by atoms with Crippen LogP contribution in [0.2, 0.25) is 0 Å². The number of likely N-dealkylation sites (tertiary alicyclic amines) is 1. The molecule has 7 heteroatoms. The minimum Gasteiger partial charge on any atom is -0.466 e. The van der Waals surface area contributed by atoms with Gasteiger partial charge in [0, 0.05) is 6.54 Å². The number of halogens is 1. The van der Waals surface area contributed by atoms with Gasteiger partial charge in [-0.25, -0.2) is 9.29 Å². The quantitative estimate of drug-likeness (QED) is 0.612. The first-order valence-electron chi connectivity index (χ1n) is 8.55. The first-order chi connectivity index (χ1) is 12.0. The average Bonchev–Trinajstić information content (AvgIpc) is 2.90. The van der Waals surface area contributed by atoms with Gasteiger partial charge in [-0.2, -0.15) is 0 Å². The Hall–Kier alpha value is -2.28. The highest BCUT2D eigenvalue weighted by Crippen LogP contribution is 2.30. The van der Waals surface area contributed by atoms with Gasteiger partial charge in [0.2, 0.25) is 5.91 Å². The lowest BCUT2D eigenvalue weighted by atomic mass is 9.96. The Morgan fingerprint density at radius 1 is 1.32 bits per heavy atom. The molecule has 2 aliphatic heterocycles. The Balaban J connectivity index is 1.76. The van der Waals surface area contributed by atoms with Gasteiger partial charge in [0.1, 0.15) is 5.82 Å². The average molecular weight is 348 g/mol. The minimum atomic E-state index is -0.649. The van der Waals surface area contributed by atoms with Gasteiger partial charge in [0.25, 0.3) is 5.91 Å². The van der Waals surface area contributed by atoms with Crippen LogP contribution in [0.3, 0.4) is 0 Å². The molecule has 1 aromatic carbocycles. The van der Waals surface area contributed by atoms with Crippen LogP contribution < -0.4 is 4.90 Å². The van der Waals surface area contributed by atoms with Crippen molar-refractivity contribution in [1.82, 2.24) is 4.90 Å². The summed E-state index contributed by atoms with van der Waals surface area (Å²) in [5.74, 6) is -2.01. The van der Waals surface area contributed by atoms with Gasteiger partial charge in [-0.1, -0.05) is 12.1 Å². The number of esters is 1. The highest BCUT2D eigenvalue weighted by molar-refractivity contribution is 6.22. The molecular formula is C18H21FN2O4. The molecule has 2 aliphatic rings. The molecule has 3 rings (SSSR count). The van der Waals surface area contributed by atoms with Crippen LogP contribution in [-0.2, 0) is 19.1 Å². The number of nitrogens with zero attached hydrogens (tertiary/aromatic N) is 2. The fraction of sp³-hybridized carbons (Fsp3) is 0.500. The summed E-state index contributed by atoms with van der Waals surface area (Å²) in [4.78, 5) is 39.8. The van der Waals surface area contributed by atoms with E-state index in [0.29, 0.717) is 26.1 Å². The van der Waals surface area contributed by atoms with E-state index in [4.69, 9.17) is 4.74 Å². The maximum absolute atomic E-state index is 14.0. The Kier molecular flexibility index (Phi) is 5.13. The molecule has 2 amide bonds. The van der Waals surface area contributed by atoms with Crippen LogP contribution in [0.5, 0.6) is 0 Å². The molecule has 0 spiro atoms. The zero-order valence-corrected chi connectivity index (χ0v) is 14.1. The molecule has 2 heterocycles. The van der Waals surface area contributed by atoms with E-state index in [9.17, 15) is 18.8 Å². The van der Waals surface area contributed by atoms with Crippen LogP contribution in [0.15, 0.2) is 24.3 Å². The number of imide groups is 1. The molecule has 0 aliphatic carbocycles. The summed E-state index contributed by atoms with van der Waals surface area (Å²) in [7, 11) is 0. The van der Waals surface area contributed by atoms with Gasteiger partial charge in [-0.15, -0.1) is 0 Å². The van der Waals surface area contributed by atoms with E-state index >= 15 is 0 Å². The number of benzene rings is 1. The Labute approximate surface area is 145 Å². The van der Waals surface area contributed by atoms with Crippen molar-refractivity contribution < 1.29 is 23.5 Å². The zero-order chi connectivity index (χ0) is 18.0. The van der Waals surface area contributed by atoms with Crippen LogP contribution >= 0.6 is 0 Å². The molecule has 25 heavy (non-hydrogen) atoms. The summed E-state index contributed by atoms with van der Waals surface area (Å²) in [5.41, 5.74) is -0.0149. The predicted molar refractivity (Wildman–Crippen MR) is 88.2 cm³/mol. The molecule has 0 N–H and O–H groups in total. The molecule has 134 valence electrons. The fourth-order valence-corrected chi connectivity index (χ4v) is 3.53. The highest BCUT2D eigenvalue weighted by atomic mass is 19.1. The predicted octanol–water partition coefficient (Wildman–Crippen LogP) is 1.73. The smallest absolute Gasteiger partial charge is 0.310 e. The van der Waals surface area contributed by atoms with Gasteiger partial charge in [-0.05, 0) is 38.4 Å². The third kappa shape index (κ3) is 3.42.